The van der Waals surface area contributed by atoms with E-state index in [4.69, 9.17) is 5.73 Å². The molecule has 0 aliphatic carbocycles. The van der Waals surface area contributed by atoms with Crippen LogP contribution in [0.3, 0.4) is 0 Å². The van der Waals surface area contributed by atoms with E-state index in [1.807, 2.05) is 25.1 Å². The summed E-state index contributed by atoms with van der Waals surface area (Å²) < 4.78 is 0. The minimum Gasteiger partial charge on any atom is -0.355 e. The van der Waals surface area contributed by atoms with Crippen LogP contribution in [0.1, 0.15) is 29.3 Å². The molecule has 0 fully saturated rings. The lowest BCUT2D eigenvalue weighted by molar-refractivity contribution is -0.121. The molecule has 1 rings (SSSR count). The highest BCUT2D eigenvalue weighted by atomic mass is 16.2. The summed E-state index contributed by atoms with van der Waals surface area (Å²) in [6, 6.07) is 7.37. The lowest BCUT2D eigenvalue weighted by Crippen LogP contribution is -2.38. The van der Waals surface area contributed by atoms with Crippen molar-refractivity contribution in [3.8, 4) is 0 Å². The first-order valence-electron chi connectivity index (χ1n) is 6.90. The summed E-state index contributed by atoms with van der Waals surface area (Å²) in [6.45, 7) is 3.17. The highest BCUT2D eigenvalue weighted by Crippen LogP contribution is 2.11. The molecule has 0 aliphatic heterocycles. The van der Waals surface area contributed by atoms with Crippen molar-refractivity contribution < 1.29 is 9.59 Å². The van der Waals surface area contributed by atoms with Crippen molar-refractivity contribution in [2.45, 2.75) is 19.8 Å². The largest absolute Gasteiger partial charge is 0.355 e. The molecule has 0 aliphatic rings. The molecule has 0 bridgehead atoms. The average Bonchev–Trinajstić information content (AvgIpc) is 2.45. The molecular formula is C15H23N3O2. The van der Waals surface area contributed by atoms with Gasteiger partial charge in [-0.05, 0) is 31.0 Å². The number of carbonyl (C=O) groups excluding carboxylic acids is 2. The first kappa shape index (κ1) is 16.2. The highest BCUT2D eigenvalue weighted by molar-refractivity contribution is 5.97. The first-order valence-corrected chi connectivity index (χ1v) is 6.90. The summed E-state index contributed by atoms with van der Waals surface area (Å²) in [5.41, 5.74) is 7.08. The molecule has 5 nitrogen and oxygen atoms in total. The zero-order valence-corrected chi connectivity index (χ0v) is 12.2. The molecule has 110 valence electrons. The highest BCUT2D eigenvalue weighted by Gasteiger charge is 2.17. The molecule has 1 aromatic rings. The van der Waals surface area contributed by atoms with Gasteiger partial charge in [-0.15, -0.1) is 0 Å². The van der Waals surface area contributed by atoms with E-state index in [0.29, 0.717) is 25.1 Å². The molecule has 0 aromatic heterocycles. The van der Waals surface area contributed by atoms with Gasteiger partial charge in [0.15, 0.2) is 0 Å². The molecule has 0 unspecified atom stereocenters. The van der Waals surface area contributed by atoms with Crippen LogP contribution in [-0.2, 0) is 11.2 Å². The number of benzene rings is 1. The van der Waals surface area contributed by atoms with Gasteiger partial charge in [0.2, 0.25) is 5.91 Å². The summed E-state index contributed by atoms with van der Waals surface area (Å²) in [5, 5.41) is 2.76. The predicted molar refractivity (Wildman–Crippen MR) is 79.5 cm³/mol. The Bertz CT molecular complexity index is 460. The smallest absolute Gasteiger partial charge is 0.254 e. The Morgan fingerprint density at radius 2 is 2.00 bits per heavy atom. The van der Waals surface area contributed by atoms with Crippen LogP contribution in [0, 0.1) is 0 Å². The Kier molecular flexibility index (Phi) is 6.73. The number of hydrogen-bond acceptors (Lipinski definition) is 3. The Morgan fingerprint density at radius 1 is 1.30 bits per heavy atom. The Hall–Kier alpha value is -1.88. The Morgan fingerprint density at radius 3 is 2.65 bits per heavy atom. The molecule has 0 spiro atoms. The summed E-state index contributed by atoms with van der Waals surface area (Å²) in [5.74, 6) is -0.292. The van der Waals surface area contributed by atoms with Crippen LogP contribution in [0.2, 0.25) is 0 Å². The second-order valence-electron chi connectivity index (χ2n) is 4.71. The third kappa shape index (κ3) is 4.66. The van der Waals surface area contributed by atoms with Crippen LogP contribution in [-0.4, -0.2) is 43.4 Å². The number of likely N-dealkylation sites (N-methyl/N-ethyl adjacent to an activating group) is 1. The number of carbonyl (C=O) groups is 2. The standard InChI is InChI=1S/C15H23N3O2/c1-3-10-17-14(19)11-18(2)15(20)13-7-5-4-6-12(13)8-9-16/h4-7H,3,8-11,16H2,1-2H3,(H,17,19). The molecule has 0 saturated heterocycles. The maximum absolute atomic E-state index is 12.4. The summed E-state index contributed by atoms with van der Waals surface area (Å²) in [7, 11) is 1.63. The van der Waals surface area contributed by atoms with E-state index in [2.05, 4.69) is 5.32 Å². The van der Waals surface area contributed by atoms with Crippen molar-refractivity contribution in [1.29, 1.82) is 0 Å². The fourth-order valence-corrected chi connectivity index (χ4v) is 1.92. The van der Waals surface area contributed by atoms with Gasteiger partial charge < -0.3 is 16.0 Å². The van der Waals surface area contributed by atoms with Crippen LogP contribution in [0.5, 0.6) is 0 Å². The van der Waals surface area contributed by atoms with Gasteiger partial charge in [-0.1, -0.05) is 25.1 Å². The van der Waals surface area contributed by atoms with Gasteiger partial charge >= 0.3 is 0 Å². The van der Waals surface area contributed by atoms with Crippen LogP contribution in [0.15, 0.2) is 24.3 Å². The van der Waals surface area contributed by atoms with Crippen molar-refractivity contribution in [3.05, 3.63) is 35.4 Å². The summed E-state index contributed by atoms with van der Waals surface area (Å²) in [6.07, 6.45) is 1.53. The minimum absolute atomic E-state index is 0.0653. The molecule has 0 radical (unpaired) electrons. The number of hydrogen-bond donors (Lipinski definition) is 2. The minimum atomic E-state index is -0.152. The van der Waals surface area contributed by atoms with Gasteiger partial charge in [0.25, 0.3) is 5.91 Å². The number of nitrogens with one attached hydrogen (secondary N) is 1. The zero-order chi connectivity index (χ0) is 15.0. The SMILES string of the molecule is CCCNC(=O)CN(C)C(=O)c1ccccc1CCN. The maximum Gasteiger partial charge on any atom is 0.254 e. The molecule has 5 heteroatoms. The number of nitrogens with two attached hydrogens (primary N) is 1. The van der Waals surface area contributed by atoms with Gasteiger partial charge in [-0.2, -0.15) is 0 Å². The lowest BCUT2D eigenvalue weighted by atomic mass is 10.0. The van der Waals surface area contributed by atoms with E-state index >= 15 is 0 Å². The second kappa shape index (κ2) is 8.32. The van der Waals surface area contributed by atoms with Gasteiger partial charge in [0, 0.05) is 19.2 Å². The maximum atomic E-state index is 12.4. The lowest BCUT2D eigenvalue weighted by Gasteiger charge is -2.18. The van der Waals surface area contributed by atoms with E-state index in [0.717, 1.165) is 12.0 Å². The molecule has 3 N–H and O–H groups in total. The van der Waals surface area contributed by atoms with Crippen molar-refractivity contribution in [2.24, 2.45) is 5.73 Å². The molecule has 0 saturated carbocycles. The van der Waals surface area contributed by atoms with E-state index in [1.54, 1.807) is 13.1 Å². The van der Waals surface area contributed by atoms with Gasteiger partial charge in [0.1, 0.15) is 0 Å². The Balaban J connectivity index is 2.71. The van der Waals surface area contributed by atoms with E-state index in [1.165, 1.54) is 4.90 Å². The topological polar surface area (TPSA) is 75.4 Å². The molecule has 0 atom stereocenters. The number of amides is 2. The predicted octanol–water partition coefficient (Wildman–Crippen LogP) is 0.786. The molecule has 2 amide bonds. The first-order chi connectivity index (χ1) is 9.60. The molecule has 1 aromatic carbocycles. The normalized spacial score (nSPS) is 10.2. The van der Waals surface area contributed by atoms with Crippen LogP contribution in [0.25, 0.3) is 0 Å². The third-order valence-electron chi connectivity index (χ3n) is 2.96. The van der Waals surface area contributed by atoms with Crippen molar-refractivity contribution >= 4 is 11.8 Å². The molecule has 0 heterocycles. The Labute approximate surface area is 120 Å². The zero-order valence-electron chi connectivity index (χ0n) is 12.2. The fraction of sp³-hybridized carbons (Fsp3) is 0.467. The van der Waals surface area contributed by atoms with Crippen LogP contribution < -0.4 is 11.1 Å². The quantitative estimate of drug-likeness (QED) is 0.773. The van der Waals surface area contributed by atoms with Gasteiger partial charge in [-0.25, -0.2) is 0 Å². The van der Waals surface area contributed by atoms with Crippen molar-refractivity contribution in [1.82, 2.24) is 10.2 Å². The summed E-state index contributed by atoms with van der Waals surface area (Å²) >= 11 is 0. The van der Waals surface area contributed by atoms with Crippen molar-refractivity contribution in [3.63, 3.8) is 0 Å². The average molecular weight is 277 g/mol. The second-order valence-corrected chi connectivity index (χ2v) is 4.71. The van der Waals surface area contributed by atoms with Gasteiger partial charge in [0.05, 0.1) is 6.54 Å². The number of rotatable bonds is 7. The van der Waals surface area contributed by atoms with Gasteiger partial charge in [-0.3, -0.25) is 9.59 Å². The molecule has 20 heavy (non-hydrogen) atoms. The van der Waals surface area contributed by atoms with Crippen molar-refractivity contribution in [2.75, 3.05) is 26.7 Å². The fourth-order valence-electron chi connectivity index (χ4n) is 1.92. The van der Waals surface area contributed by atoms with E-state index in [9.17, 15) is 9.59 Å². The summed E-state index contributed by atoms with van der Waals surface area (Å²) in [4.78, 5) is 25.4. The monoisotopic (exact) mass is 277 g/mol. The van der Waals surface area contributed by atoms with E-state index in [-0.39, 0.29) is 18.4 Å². The molecular weight excluding hydrogens is 254 g/mol. The number of nitrogens with zero attached hydrogens (tertiary/aromatic N) is 1. The van der Waals surface area contributed by atoms with Crippen LogP contribution >= 0.6 is 0 Å². The van der Waals surface area contributed by atoms with E-state index < -0.39 is 0 Å². The van der Waals surface area contributed by atoms with Crippen LogP contribution in [0.4, 0.5) is 0 Å². The third-order valence-corrected chi connectivity index (χ3v) is 2.96.